The molecule has 0 spiro atoms. The third-order valence-corrected chi connectivity index (χ3v) is 4.13. The summed E-state index contributed by atoms with van der Waals surface area (Å²) in [6.07, 6.45) is 2.83. The number of carbonyl (C=O) groups is 2. The fourth-order valence-electron chi connectivity index (χ4n) is 2.77. The van der Waals surface area contributed by atoms with Crippen molar-refractivity contribution in [2.75, 3.05) is 11.9 Å². The molecule has 2 rings (SSSR count). The van der Waals surface area contributed by atoms with Gasteiger partial charge in [0.2, 0.25) is 11.8 Å². The molecule has 0 aromatic heterocycles. The fourth-order valence-corrected chi connectivity index (χ4v) is 2.77. The Hall–Kier alpha value is -1.88. The number of piperidine rings is 1. The number of anilines is 1. The number of rotatable bonds is 5. The number of nitrogens with one attached hydrogen (secondary N) is 1. The van der Waals surface area contributed by atoms with Crippen LogP contribution in [0.4, 0.5) is 5.69 Å². The van der Waals surface area contributed by atoms with Gasteiger partial charge in [0.05, 0.1) is 6.61 Å². The lowest BCUT2D eigenvalue weighted by atomic mass is 10.1. The van der Waals surface area contributed by atoms with Crippen LogP contribution in [0.5, 0.6) is 0 Å². The second kappa shape index (κ2) is 7.40. The number of aryl methyl sites for hydroxylation is 1. The normalized spacial score (nSPS) is 16.5. The van der Waals surface area contributed by atoms with E-state index in [-0.39, 0.29) is 30.9 Å². The number of benzene rings is 1. The highest BCUT2D eigenvalue weighted by Crippen LogP contribution is 2.19. The molecule has 1 aliphatic heterocycles. The Bertz CT molecular complexity index is 557. The average Bonchev–Trinajstić information content (AvgIpc) is 2.49. The predicted octanol–water partition coefficient (Wildman–Crippen LogP) is 2.22. The molecule has 2 amide bonds. The molecule has 1 aromatic carbocycles. The van der Waals surface area contributed by atoms with Crippen LogP contribution < -0.4 is 5.32 Å². The number of carbonyl (C=O) groups excluding carboxylic acids is 2. The zero-order valence-electron chi connectivity index (χ0n) is 13.3. The molecule has 1 atom stereocenters. The molecule has 1 aliphatic rings. The minimum absolute atomic E-state index is 0.0537. The summed E-state index contributed by atoms with van der Waals surface area (Å²) in [5.74, 6) is 0.0362. The minimum Gasteiger partial charge on any atom is -0.392 e. The fraction of sp³-hybridized carbons (Fsp3) is 0.529. The van der Waals surface area contributed by atoms with Crippen LogP contribution in [0.25, 0.3) is 0 Å². The van der Waals surface area contributed by atoms with Gasteiger partial charge in [0.25, 0.3) is 0 Å². The van der Waals surface area contributed by atoms with Crippen LogP contribution in [0.2, 0.25) is 0 Å². The van der Waals surface area contributed by atoms with Crippen molar-refractivity contribution < 1.29 is 14.7 Å². The highest BCUT2D eigenvalue weighted by Gasteiger charge is 2.24. The summed E-state index contributed by atoms with van der Waals surface area (Å²) in [6.45, 7) is 4.52. The maximum Gasteiger partial charge on any atom is 0.226 e. The molecule has 0 radical (unpaired) electrons. The smallest absolute Gasteiger partial charge is 0.226 e. The van der Waals surface area contributed by atoms with E-state index in [0.29, 0.717) is 12.1 Å². The third kappa shape index (κ3) is 4.07. The van der Waals surface area contributed by atoms with Gasteiger partial charge in [-0.3, -0.25) is 9.59 Å². The molecule has 0 saturated carbocycles. The van der Waals surface area contributed by atoms with Crippen molar-refractivity contribution >= 4 is 17.5 Å². The van der Waals surface area contributed by atoms with E-state index in [0.717, 1.165) is 30.5 Å². The van der Waals surface area contributed by atoms with Crippen LogP contribution in [-0.2, 0) is 16.2 Å². The molecule has 1 saturated heterocycles. The van der Waals surface area contributed by atoms with Gasteiger partial charge in [0.15, 0.2) is 0 Å². The Balaban J connectivity index is 1.96. The van der Waals surface area contributed by atoms with E-state index in [2.05, 4.69) is 5.32 Å². The number of aliphatic hydroxyl groups excluding tert-OH is 1. The number of nitrogens with zero attached hydrogens (tertiary/aromatic N) is 1. The lowest BCUT2D eigenvalue weighted by Crippen LogP contribution is -2.43. The maximum absolute atomic E-state index is 12.2. The molecular weight excluding hydrogens is 280 g/mol. The zero-order chi connectivity index (χ0) is 16.1. The first-order valence-corrected chi connectivity index (χ1v) is 7.81. The SMILES string of the molecule is Cc1ccc(CO)cc1NC(=O)CC(C)N1CCCCC1=O. The zero-order valence-corrected chi connectivity index (χ0v) is 13.3. The van der Waals surface area contributed by atoms with Gasteiger partial charge in [-0.05, 0) is 43.9 Å². The van der Waals surface area contributed by atoms with Gasteiger partial charge in [-0.2, -0.15) is 0 Å². The molecule has 1 aromatic rings. The first kappa shape index (κ1) is 16.5. The van der Waals surface area contributed by atoms with Gasteiger partial charge in [0.1, 0.15) is 0 Å². The Kier molecular flexibility index (Phi) is 5.55. The molecular formula is C17H24N2O3. The average molecular weight is 304 g/mol. The van der Waals surface area contributed by atoms with Gasteiger partial charge in [-0.25, -0.2) is 0 Å². The Morgan fingerprint density at radius 3 is 2.86 bits per heavy atom. The molecule has 1 unspecified atom stereocenters. The molecule has 1 fully saturated rings. The van der Waals surface area contributed by atoms with E-state index < -0.39 is 0 Å². The molecule has 120 valence electrons. The van der Waals surface area contributed by atoms with E-state index >= 15 is 0 Å². The van der Waals surface area contributed by atoms with Gasteiger partial charge in [-0.15, -0.1) is 0 Å². The summed E-state index contributed by atoms with van der Waals surface area (Å²) in [6, 6.07) is 5.40. The second-order valence-electron chi connectivity index (χ2n) is 5.95. The Morgan fingerprint density at radius 1 is 1.41 bits per heavy atom. The minimum atomic E-state index is -0.107. The Morgan fingerprint density at radius 2 is 2.18 bits per heavy atom. The quantitative estimate of drug-likeness (QED) is 0.876. The molecule has 0 aliphatic carbocycles. The largest absolute Gasteiger partial charge is 0.392 e. The number of amides is 2. The maximum atomic E-state index is 12.2. The van der Waals surface area contributed by atoms with Crippen molar-refractivity contribution in [1.82, 2.24) is 4.90 Å². The first-order valence-electron chi connectivity index (χ1n) is 7.81. The van der Waals surface area contributed by atoms with E-state index in [1.807, 2.05) is 26.0 Å². The van der Waals surface area contributed by atoms with E-state index in [4.69, 9.17) is 0 Å². The van der Waals surface area contributed by atoms with Crippen molar-refractivity contribution in [3.8, 4) is 0 Å². The van der Waals surface area contributed by atoms with Gasteiger partial charge in [-0.1, -0.05) is 12.1 Å². The van der Waals surface area contributed by atoms with Gasteiger partial charge < -0.3 is 15.3 Å². The number of likely N-dealkylation sites (tertiary alicyclic amines) is 1. The number of aliphatic hydroxyl groups is 1. The highest BCUT2D eigenvalue weighted by atomic mass is 16.3. The van der Waals surface area contributed by atoms with Gasteiger partial charge >= 0.3 is 0 Å². The summed E-state index contributed by atoms with van der Waals surface area (Å²) in [5, 5.41) is 12.1. The first-order chi connectivity index (χ1) is 10.5. The topological polar surface area (TPSA) is 69.6 Å². The summed E-state index contributed by atoms with van der Waals surface area (Å²) in [7, 11) is 0. The monoisotopic (exact) mass is 304 g/mol. The summed E-state index contributed by atoms with van der Waals surface area (Å²) >= 11 is 0. The van der Waals surface area contributed by atoms with E-state index in [9.17, 15) is 14.7 Å². The molecule has 22 heavy (non-hydrogen) atoms. The lowest BCUT2D eigenvalue weighted by Gasteiger charge is -2.32. The molecule has 5 nitrogen and oxygen atoms in total. The van der Waals surface area contributed by atoms with Crippen LogP contribution >= 0.6 is 0 Å². The summed E-state index contributed by atoms with van der Waals surface area (Å²) in [4.78, 5) is 25.9. The van der Waals surface area contributed by atoms with Crippen LogP contribution in [0, 0.1) is 6.92 Å². The van der Waals surface area contributed by atoms with Gasteiger partial charge in [0, 0.05) is 31.1 Å². The second-order valence-corrected chi connectivity index (χ2v) is 5.95. The van der Waals surface area contributed by atoms with Crippen molar-refractivity contribution in [3.05, 3.63) is 29.3 Å². The van der Waals surface area contributed by atoms with E-state index in [1.165, 1.54) is 0 Å². The van der Waals surface area contributed by atoms with Crippen LogP contribution in [0.3, 0.4) is 0 Å². The molecule has 5 heteroatoms. The van der Waals surface area contributed by atoms with E-state index in [1.54, 1.807) is 11.0 Å². The van der Waals surface area contributed by atoms with Crippen LogP contribution in [-0.4, -0.2) is 34.4 Å². The van der Waals surface area contributed by atoms with Crippen molar-refractivity contribution in [1.29, 1.82) is 0 Å². The predicted molar refractivity (Wildman–Crippen MR) is 85.4 cm³/mol. The number of hydrogen-bond donors (Lipinski definition) is 2. The molecule has 2 N–H and O–H groups in total. The molecule has 0 bridgehead atoms. The lowest BCUT2D eigenvalue weighted by molar-refractivity contribution is -0.136. The summed E-state index contributed by atoms with van der Waals surface area (Å²) < 4.78 is 0. The summed E-state index contributed by atoms with van der Waals surface area (Å²) in [5.41, 5.74) is 2.43. The standard InChI is InChI=1S/C17H24N2O3/c1-12-6-7-14(11-20)10-15(12)18-16(21)9-13(2)19-8-4-3-5-17(19)22/h6-7,10,13,20H,3-5,8-9,11H2,1-2H3,(H,18,21). The Labute approximate surface area is 131 Å². The van der Waals surface area contributed by atoms with Crippen molar-refractivity contribution in [3.63, 3.8) is 0 Å². The van der Waals surface area contributed by atoms with Crippen molar-refractivity contribution in [2.45, 2.75) is 52.2 Å². The van der Waals surface area contributed by atoms with Crippen LogP contribution in [0.15, 0.2) is 18.2 Å². The molecule has 1 heterocycles. The van der Waals surface area contributed by atoms with Crippen molar-refractivity contribution in [2.24, 2.45) is 0 Å². The number of hydrogen-bond acceptors (Lipinski definition) is 3. The third-order valence-electron chi connectivity index (χ3n) is 4.13. The highest BCUT2D eigenvalue weighted by molar-refractivity contribution is 5.92. The van der Waals surface area contributed by atoms with Crippen LogP contribution in [0.1, 0.15) is 43.7 Å².